The number of hydrogen-bond acceptors (Lipinski definition) is 3. The molecule has 4 nitrogen and oxygen atoms in total. The van der Waals surface area contributed by atoms with Crippen LogP contribution in [0.1, 0.15) is 31.7 Å². The summed E-state index contributed by atoms with van der Waals surface area (Å²) in [7, 11) is 1.67. The molecule has 2 rings (SSSR count). The summed E-state index contributed by atoms with van der Waals surface area (Å²) in [6.07, 6.45) is 4.02. The third-order valence-electron chi connectivity index (χ3n) is 3.72. The van der Waals surface area contributed by atoms with Gasteiger partial charge in [-0.05, 0) is 50.3 Å². The van der Waals surface area contributed by atoms with Crippen LogP contribution in [0.25, 0.3) is 0 Å². The number of hydrogen-bond donors (Lipinski definition) is 2. The van der Waals surface area contributed by atoms with E-state index >= 15 is 0 Å². The summed E-state index contributed by atoms with van der Waals surface area (Å²) < 4.78 is 5.16. The van der Waals surface area contributed by atoms with Gasteiger partial charge in [-0.15, -0.1) is 0 Å². The van der Waals surface area contributed by atoms with Gasteiger partial charge >= 0.3 is 0 Å². The van der Waals surface area contributed by atoms with Crippen LogP contribution in [0.5, 0.6) is 5.75 Å². The molecule has 110 valence electrons. The Balaban J connectivity index is 1.87. The highest BCUT2D eigenvalue weighted by molar-refractivity contribution is 5.81. The first-order chi connectivity index (χ1) is 9.69. The molecular formula is C16H24N2O2. The number of carbonyl (C=O) groups excluding carboxylic acids is 1. The van der Waals surface area contributed by atoms with Crippen molar-refractivity contribution in [2.75, 3.05) is 13.7 Å². The van der Waals surface area contributed by atoms with E-state index in [0.717, 1.165) is 38.0 Å². The van der Waals surface area contributed by atoms with Gasteiger partial charge in [0.05, 0.1) is 13.2 Å². The highest BCUT2D eigenvalue weighted by Gasteiger charge is 2.21. The first-order valence-electron chi connectivity index (χ1n) is 7.35. The molecule has 1 amide bonds. The Morgan fingerprint density at radius 1 is 1.35 bits per heavy atom. The molecule has 0 aliphatic carbocycles. The van der Waals surface area contributed by atoms with E-state index < -0.39 is 0 Å². The van der Waals surface area contributed by atoms with Gasteiger partial charge in [0.1, 0.15) is 5.75 Å². The minimum atomic E-state index is -0.0502. The van der Waals surface area contributed by atoms with E-state index in [2.05, 4.69) is 29.7 Å². The topological polar surface area (TPSA) is 50.4 Å². The molecule has 0 bridgehead atoms. The largest absolute Gasteiger partial charge is 0.497 e. The monoisotopic (exact) mass is 276 g/mol. The van der Waals surface area contributed by atoms with Crippen molar-refractivity contribution >= 4 is 5.91 Å². The molecule has 0 saturated carbocycles. The second-order valence-corrected chi connectivity index (χ2v) is 5.46. The molecule has 1 heterocycles. The standard InChI is InChI=1S/C16H24N2O2/c1-12(11-13-6-8-14(20-2)9-7-13)18-15-5-3-4-10-17-16(15)19/h6-9,12,15,18H,3-5,10-11H2,1-2H3,(H,17,19). The molecule has 4 heteroatoms. The van der Waals surface area contributed by atoms with Crippen molar-refractivity contribution in [1.29, 1.82) is 0 Å². The predicted molar refractivity (Wildman–Crippen MR) is 79.9 cm³/mol. The molecule has 0 radical (unpaired) electrons. The van der Waals surface area contributed by atoms with Crippen LogP contribution < -0.4 is 15.4 Å². The smallest absolute Gasteiger partial charge is 0.237 e. The third kappa shape index (κ3) is 4.23. The lowest BCUT2D eigenvalue weighted by Crippen LogP contribution is -2.47. The van der Waals surface area contributed by atoms with Gasteiger partial charge in [-0.2, -0.15) is 0 Å². The van der Waals surface area contributed by atoms with Gasteiger partial charge in [-0.3, -0.25) is 4.79 Å². The van der Waals surface area contributed by atoms with Crippen molar-refractivity contribution in [1.82, 2.24) is 10.6 Å². The van der Waals surface area contributed by atoms with Crippen LogP contribution in [-0.4, -0.2) is 31.6 Å². The number of ether oxygens (including phenoxy) is 1. The van der Waals surface area contributed by atoms with Gasteiger partial charge in [0, 0.05) is 12.6 Å². The fourth-order valence-electron chi connectivity index (χ4n) is 2.62. The van der Waals surface area contributed by atoms with Crippen LogP contribution in [0, 0.1) is 0 Å². The molecule has 0 aromatic heterocycles. The van der Waals surface area contributed by atoms with Crippen LogP contribution in [-0.2, 0) is 11.2 Å². The van der Waals surface area contributed by atoms with Crippen molar-refractivity contribution in [2.45, 2.75) is 44.7 Å². The molecule has 1 saturated heterocycles. The fraction of sp³-hybridized carbons (Fsp3) is 0.562. The van der Waals surface area contributed by atoms with Crippen molar-refractivity contribution in [3.05, 3.63) is 29.8 Å². The maximum absolute atomic E-state index is 11.9. The zero-order valence-corrected chi connectivity index (χ0v) is 12.3. The Hall–Kier alpha value is -1.55. The van der Waals surface area contributed by atoms with Gasteiger partial charge < -0.3 is 15.4 Å². The Bertz CT molecular complexity index is 431. The van der Waals surface area contributed by atoms with E-state index in [4.69, 9.17) is 4.74 Å². The average Bonchev–Trinajstić information content (AvgIpc) is 2.65. The maximum Gasteiger partial charge on any atom is 0.237 e. The molecule has 20 heavy (non-hydrogen) atoms. The first kappa shape index (κ1) is 14.9. The highest BCUT2D eigenvalue weighted by atomic mass is 16.5. The molecule has 1 aliphatic heterocycles. The highest BCUT2D eigenvalue weighted by Crippen LogP contribution is 2.13. The van der Waals surface area contributed by atoms with E-state index in [1.165, 1.54) is 5.56 Å². The Morgan fingerprint density at radius 3 is 2.80 bits per heavy atom. The molecule has 2 atom stereocenters. The van der Waals surface area contributed by atoms with E-state index in [9.17, 15) is 4.79 Å². The fourth-order valence-corrected chi connectivity index (χ4v) is 2.62. The third-order valence-corrected chi connectivity index (χ3v) is 3.72. The van der Waals surface area contributed by atoms with E-state index in [0.29, 0.717) is 0 Å². The molecular weight excluding hydrogens is 252 g/mol. The molecule has 1 aromatic rings. The number of benzene rings is 1. The van der Waals surface area contributed by atoms with Crippen molar-refractivity contribution < 1.29 is 9.53 Å². The van der Waals surface area contributed by atoms with E-state index in [1.807, 2.05) is 12.1 Å². The summed E-state index contributed by atoms with van der Waals surface area (Å²) in [5, 5.41) is 6.40. The van der Waals surface area contributed by atoms with Crippen LogP contribution in [0.15, 0.2) is 24.3 Å². The summed E-state index contributed by atoms with van der Waals surface area (Å²) >= 11 is 0. The zero-order chi connectivity index (χ0) is 14.4. The van der Waals surface area contributed by atoms with Crippen molar-refractivity contribution in [3.8, 4) is 5.75 Å². The molecule has 1 aromatic carbocycles. The summed E-state index contributed by atoms with van der Waals surface area (Å²) in [5.41, 5.74) is 1.25. The van der Waals surface area contributed by atoms with E-state index in [-0.39, 0.29) is 18.0 Å². The molecule has 0 spiro atoms. The second kappa shape index (κ2) is 7.29. The zero-order valence-electron chi connectivity index (χ0n) is 12.3. The lowest BCUT2D eigenvalue weighted by Gasteiger charge is -2.21. The Labute approximate surface area is 120 Å². The Kier molecular flexibility index (Phi) is 5.41. The quantitative estimate of drug-likeness (QED) is 0.863. The second-order valence-electron chi connectivity index (χ2n) is 5.46. The lowest BCUT2D eigenvalue weighted by atomic mass is 10.0. The average molecular weight is 276 g/mol. The van der Waals surface area contributed by atoms with Crippen LogP contribution in [0.2, 0.25) is 0 Å². The molecule has 2 unspecified atom stereocenters. The maximum atomic E-state index is 11.9. The van der Waals surface area contributed by atoms with Gasteiger partial charge in [0.15, 0.2) is 0 Å². The number of nitrogens with one attached hydrogen (secondary N) is 2. The molecule has 1 fully saturated rings. The SMILES string of the molecule is COc1ccc(CC(C)NC2CCCCNC2=O)cc1. The minimum Gasteiger partial charge on any atom is -0.497 e. The number of rotatable bonds is 5. The molecule has 1 aliphatic rings. The van der Waals surface area contributed by atoms with Crippen LogP contribution in [0.4, 0.5) is 0 Å². The van der Waals surface area contributed by atoms with Gasteiger partial charge in [0.2, 0.25) is 5.91 Å². The number of amides is 1. The number of methoxy groups -OCH3 is 1. The minimum absolute atomic E-state index is 0.0502. The summed E-state index contributed by atoms with van der Waals surface area (Å²) in [5.74, 6) is 1.02. The van der Waals surface area contributed by atoms with Crippen molar-refractivity contribution in [3.63, 3.8) is 0 Å². The summed E-state index contributed by atoms with van der Waals surface area (Å²) in [4.78, 5) is 11.9. The lowest BCUT2D eigenvalue weighted by molar-refractivity contribution is -0.123. The summed E-state index contributed by atoms with van der Waals surface area (Å²) in [6, 6.07) is 8.32. The number of carbonyl (C=O) groups is 1. The summed E-state index contributed by atoms with van der Waals surface area (Å²) in [6.45, 7) is 2.94. The van der Waals surface area contributed by atoms with Gasteiger partial charge in [-0.1, -0.05) is 12.1 Å². The first-order valence-corrected chi connectivity index (χ1v) is 7.35. The predicted octanol–water partition coefficient (Wildman–Crippen LogP) is 1.88. The van der Waals surface area contributed by atoms with Crippen molar-refractivity contribution in [2.24, 2.45) is 0 Å². The van der Waals surface area contributed by atoms with Gasteiger partial charge in [0.25, 0.3) is 0 Å². The van der Waals surface area contributed by atoms with E-state index in [1.54, 1.807) is 7.11 Å². The Morgan fingerprint density at radius 2 is 2.10 bits per heavy atom. The molecule has 2 N–H and O–H groups in total. The van der Waals surface area contributed by atoms with Crippen LogP contribution in [0.3, 0.4) is 0 Å². The van der Waals surface area contributed by atoms with Gasteiger partial charge in [-0.25, -0.2) is 0 Å². The van der Waals surface area contributed by atoms with Crippen LogP contribution >= 0.6 is 0 Å². The normalized spacial score (nSPS) is 20.9.